The fourth-order valence-electron chi connectivity index (χ4n) is 2.47. The minimum Gasteiger partial charge on any atom is -0.454 e. The van der Waals surface area contributed by atoms with E-state index in [-0.39, 0.29) is 5.56 Å². The normalized spacial score (nSPS) is 10.6. The summed E-state index contributed by atoms with van der Waals surface area (Å²) < 4.78 is 7.47. The Hall–Kier alpha value is -3.75. The van der Waals surface area contributed by atoms with E-state index in [1.54, 1.807) is 54.2 Å². The van der Waals surface area contributed by atoms with Crippen LogP contribution in [0.1, 0.15) is 10.5 Å². The molecule has 27 heavy (non-hydrogen) atoms. The summed E-state index contributed by atoms with van der Waals surface area (Å²) in [6, 6.07) is 9.95. The number of imide groups is 1. The van der Waals surface area contributed by atoms with E-state index < -0.39 is 30.9 Å². The van der Waals surface area contributed by atoms with E-state index in [4.69, 9.17) is 4.74 Å². The molecule has 0 aliphatic carbocycles. The number of nitrogens with one attached hydrogen (secondary N) is 1. The zero-order chi connectivity index (χ0) is 19.4. The van der Waals surface area contributed by atoms with Gasteiger partial charge in [-0.2, -0.15) is 0 Å². The van der Waals surface area contributed by atoms with Crippen molar-refractivity contribution in [2.45, 2.75) is 6.54 Å². The third-order valence-electron chi connectivity index (χ3n) is 3.82. The first kappa shape index (κ1) is 18.1. The number of esters is 1. The fraction of sp³-hybridized carbons (Fsp3) is 0.167. The maximum atomic E-state index is 12.3. The van der Waals surface area contributed by atoms with Gasteiger partial charge in [0.1, 0.15) is 12.2 Å². The number of carbonyl (C=O) groups excluding carboxylic acids is 3. The largest absolute Gasteiger partial charge is 0.454 e. The Balaban J connectivity index is 1.56. The summed E-state index contributed by atoms with van der Waals surface area (Å²) in [4.78, 5) is 51.9. The van der Waals surface area contributed by atoms with Gasteiger partial charge in [-0.25, -0.2) is 4.98 Å². The lowest BCUT2D eigenvalue weighted by molar-refractivity contribution is -0.148. The Morgan fingerprint density at radius 3 is 2.67 bits per heavy atom. The molecular weight excluding hydrogens is 352 g/mol. The molecule has 0 spiro atoms. The molecule has 138 valence electrons. The SMILES string of the molecule is Cn1cccc1C(=O)NC(=O)COC(=O)Cn1cnc2ccccc2c1=O. The van der Waals surface area contributed by atoms with Crippen LogP contribution >= 0.6 is 0 Å². The van der Waals surface area contributed by atoms with Gasteiger partial charge in [0, 0.05) is 13.2 Å². The Morgan fingerprint density at radius 1 is 1.15 bits per heavy atom. The number of fused-ring (bicyclic) bond motifs is 1. The average molecular weight is 368 g/mol. The van der Waals surface area contributed by atoms with Crippen LogP contribution in [0.5, 0.6) is 0 Å². The van der Waals surface area contributed by atoms with Gasteiger partial charge in [-0.05, 0) is 24.3 Å². The van der Waals surface area contributed by atoms with Crippen molar-refractivity contribution in [1.82, 2.24) is 19.4 Å². The molecule has 0 unspecified atom stereocenters. The van der Waals surface area contributed by atoms with Crippen LogP contribution in [0.15, 0.2) is 53.7 Å². The number of rotatable bonds is 5. The maximum absolute atomic E-state index is 12.3. The number of hydrogen-bond donors (Lipinski definition) is 1. The molecule has 1 aromatic carbocycles. The summed E-state index contributed by atoms with van der Waals surface area (Å²) in [5.41, 5.74) is 0.426. The highest BCUT2D eigenvalue weighted by atomic mass is 16.5. The number of hydrogen-bond acceptors (Lipinski definition) is 6. The van der Waals surface area contributed by atoms with Crippen molar-refractivity contribution in [3.63, 3.8) is 0 Å². The molecule has 2 heterocycles. The molecule has 0 fully saturated rings. The zero-order valence-corrected chi connectivity index (χ0v) is 14.4. The van der Waals surface area contributed by atoms with Crippen molar-refractivity contribution in [3.05, 3.63) is 65.0 Å². The van der Waals surface area contributed by atoms with E-state index in [9.17, 15) is 19.2 Å². The van der Waals surface area contributed by atoms with E-state index in [1.165, 1.54) is 6.33 Å². The predicted octanol–water partition coefficient (Wildman–Crippen LogP) is 0.235. The summed E-state index contributed by atoms with van der Waals surface area (Å²) >= 11 is 0. The van der Waals surface area contributed by atoms with Gasteiger partial charge in [0.2, 0.25) is 0 Å². The van der Waals surface area contributed by atoms with Crippen LogP contribution in [-0.4, -0.2) is 38.5 Å². The van der Waals surface area contributed by atoms with Crippen molar-refractivity contribution < 1.29 is 19.1 Å². The topological polar surface area (TPSA) is 112 Å². The number of aromatic nitrogens is 3. The highest BCUT2D eigenvalue weighted by Gasteiger charge is 2.15. The van der Waals surface area contributed by atoms with Crippen molar-refractivity contribution >= 4 is 28.7 Å². The molecule has 0 bridgehead atoms. The highest BCUT2D eigenvalue weighted by molar-refractivity contribution is 6.04. The summed E-state index contributed by atoms with van der Waals surface area (Å²) in [7, 11) is 1.66. The summed E-state index contributed by atoms with van der Waals surface area (Å²) in [6.45, 7) is -1.03. The van der Waals surface area contributed by atoms with Crippen LogP contribution in [0.2, 0.25) is 0 Å². The number of nitrogens with zero attached hydrogens (tertiary/aromatic N) is 3. The molecule has 2 aromatic heterocycles. The number of ether oxygens (including phenoxy) is 1. The molecule has 0 radical (unpaired) electrons. The van der Waals surface area contributed by atoms with Crippen molar-refractivity contribution in [3.8, 4) is 0 Å². The number of carbonyl (C=O) groups is 3. The van der Waals surface area contributed by atoms with Gasteiger partial charge >= 0.3 is 5.97 Å². The molecule has 9 heteroatoms. The highest BCUT2D eigenvalue weighted by Crippen LogP contribution is 2.04. The second-order valence-electron chi connectivity index (χ2n) is 5.74. The third-order valence-corrected chi connectivity index (χ3v) is 3.82. The number of para-hydroxylation sites is 1. The lowest BCUT2D eigenvalue weighted by atomic mass is 10.2. The lowest BCUT2D eigenvalue weighted by Gasteiger charge is -2.08. The Kier molecular flexibility index (Phi) is 5.11. The first-order valence-corrected chi connectivity index (χ1v) is 8.01. The van der Waals surface area contributed by atoms with Gasteiger partial charge in [0.05, 0.1) is 17.2 Å². The minimum absolute atomic E-state index is 0.295. The molecule has 0 aliphatic heterocycles. The molecule has 0 aliphatic rings. The number of aryl methyl sites for hydroxylation is 1. The van der Waals surface area contributed by atoms with Crippen LogP contribution < -0.4 is 10.9 Å². The molecular formula is C18H16N4O5. The molecule has 3 rings (SSSR count). The standard InChI is InChI=1S/C18H16N4O5/c1-21-8-4-7-14(21)17(25)20-15(23)10-27-16(24)9-22-11-19-13-6-3-2-5-12(13)18(22)26/h2-8,11H,9-10H2,1H3,(H,20,23,25). The number of benzene rings is 1. The van der Waals surface area contributed by atoms with Gasteiger partial charge in [-0.3, -0.25) is 29.1 Å². The van der Waals surface area contributed by atoms with E-state index >= 15 is 0 Å². The van der Waals surface area contributed by atoms with Crippen LogP contribution in [-0.2, 0) is 27.9 Å². The van der Waals surface area contributed by atoms with E-state index in [0.29, 0.717) is 16.6 Å². The van der Waals surface area contributed by atoms with Crippen LogP contribution in [0.25, 0.3) is 10.9 Å². The van der Waals surface area contributed by atoms with Crippen LogP contribution in [0.4, 0.5) is 0 Å². The monoisotopic (exact) mass is 368 g/mol. The zero-order valence-electron chi connectivity index (χ0n) is 14.4. The molecule has 3 aromatic rings. The van der Waals surface area contributed by atoms with E-state index in [1.807, 2.05) is 0 Å². The van der Waals surface area contributed by atoms with Gasteiger partial charge in [0.25, 0.3) is 17.4 Å². The smallest absolute Gasteiger partial charge is 0.326 e. The number of amides is 2. The summed E-state index contributed by atoms with van der Waals surface area (Å²) in [5.74, 6) is -2.16. The Bertz CT molecular complexity index is 1080. The Labute approximate surface area is 153 Å². The van der Waals surface area contributed by atoms with Gasteiger partial charge in [-0.1, -0.05) is 12.1 Å². The van der Waals surface area contributed by atoms with Crippen molar-refractivity contribution in [2.24, 2.45) is 7.05 Å². The van der Waals surface area contributed by atoms with Gasteiger partial charge in [0.15, 0.2) is 6.61 Å². The predicted molar refractivity (Wildman–Crippen MR) is 94.8 cm³/mol. The molecule has 0 saturated carbocycles. The first-order chi connectivity index (χ1) is 13.0. The third kappa shape index (κ3) is 4.09. The van der Waals surface area contributed by atoms with Gasteiger partial charge < -0.3 is 9.30 Å². The van der Waals surface area contributed by atoms with Gasteiger partial charge in [-0.15, -0.1) is 0 Å². The van der Waals surface area contributed by atoms with Crippen molar-refractivity contribution in [2.75, 3.05) is 6.61 Å². The molecule has 2 amide bonds. The van der Waals surface area contributed by atoms with Crippen LogP contribution in [0.3, 0.4) is 0 Å². The molecule has 0 atom stereocenters. The lowest BCUT2D eigenvalue weighted by Crippen LogP contribution is -2.35. The quantitative estimate of drug-likeness (QED) is 0.646. The van der Waals surface area contributed by atoms with Crippen LogP contribution in [0, 0.1) is 0 Å². The Morgan fingerprint density at radius 2 is 1.93 bits per heavy atom. The summed E-state index contributed by atoms with van der Waals surface area (Å²) in [6.07, 6.45) is 2.90. The molecule has 1 N–H and O–H groups in total. The minimum atomic E-state index is -0.796. The first-order valence-electron chi connectivity index (χ1n) is 8.01. The second-order valence-corrected chi connectivity index (χ2v) is 5.74. The van der Waals surface area contributed by atoms with E-state index in [2.05, 4.69) is 10.3 Å². The fourth-order valence-corrected chi connectivity index (χ4v) is 2.47. The second kappa shape index (κ2) is 7.65. The molecule has 9 nitrogen and oxygen atoms in total. The average Bonchev–Trinajstić information content (AvgIpc) is 3.09. The summed E-state index contributed by atoms with van der Waals surface area (Å²) in [5, 5.41) is 2.49. The van der Waals surface area contributed by atoms with Crippen molar-refractivity contribution in [1.29, 1.82) is 0 Å². The maximum Gasteiger partial charge on any atom is 0.326 e. The molecule has 0 saturated heterocycles. The van der Waals surface area contributed by atoms with E-state index in [0.717, 1.165) is 4.57 Å².